The fourth-order valence-corrected chi connectivity index (χ4v) is 4.11. The molecule has 1 N–H and O–H groups in total. The minimum Gasteiger partial charge on any atom is -0.382 e. The van der Waals surface area contributed by atoms with Gasteiger partial charge in [-0.3, -0.25) is 0 Å². The van der Waals surface area contributed by atoms with E-state index in [-0.39, 0.29) is 12.2 Å². The van der Waals surface area contributed by atoms with Gasteiger partial charge < -0.3 is 14.6 Å². The number of aliphatic hydroxyl groups excluding tert-OH is 1. The topological polar surface area (TPSA) is 38.7 Å². The first-order valence-corrected chi connectivity index (χ1v) is 9.44. The van der Waals surface area contributed by atoms with E-state index < -0.39 is 11.9 Å². The molecule has 2 fully saturated rings. The van der Waals surface area contributed by atoms with E-state index in [0.717, 1.165) is 36.8 Å². The minimum atomic E-state index is -1.12. The monoisotopic (exact) mass is 338 g/mol. The highest BCUT2D eigenvalue weighted by Gasteiger charge is 2.53. The van der Waals surface area contributed by atoms with Crippen LogP contribution in [0.5, 0.6) is 0 Å². The Kier molecular flexibility index (Phi) is 4.89. The van der Waals surface area contributed by atoms with Crippen LogP contribution in [-0.2, 0) is 15.3 Å². The Bertz CT molecular complexity index is 654. The molecule has 132 valence electrons. The molecule has 2 aliphatic rings. The molecule has 0 spiro atoms. The van der Waals surface area contributed by atoms with Crippen LogP contribution in [0.1, 0.15) is 55.8 Å². The van der Waals surface area contributed by atoms with Crippen LogP contribution in [0.25, 0.3) is 0 Å². The van der Waals surface area contributed by atoms with E-state index in [4.69, 9.17) is 9.47 Å². The summed E-state index contributed by atoms with van der Waals surface area (Å²) < 4.78 is 13.0. The maximum atomic E-state index is 11.3. The quantitative estimate of drug-likeness (QED) is 0.881. The zero-order valence-corrected chi connectivity index (χ0v) is 14.5. The molecule has 1 unspecified atom stereocenters. The van der Waals surface area contributed by atoms with Crippen molar-refractivity contribution in [1.29, 1.82) is 0 Å². The highest BCUT2D eigenvalue weighted by atomic mass is 16.8. The fraction of sp³-hybridized carbons (Fsp3) is 0.455. The van der Waals surface area contributed by atoms with E-state index in [0.29, 0.717) is 0 Å². The van der Waals surface area contributed by atoms with Crippen molar-refractivity contribution in [2.24, 2.45) is 0 Å². The second kappa shape index (κ2) is 7.28. The summed E-state index contributed by atoms with van der Waals surface area (Å²) in [6, 6.07) is 19.6. The average Bonchev–Trinajstić information content (AvgIpc) is 3.01. The first-order valence-electron chi connectivity index (χ1n) is 9.44. The Hall–Kier alpha value is -1.68. The van der Waals surface area contributed by atoms with Gasteiger partial charge in [-0.05, 0) is 18.4 Å². The Labute approximate surface area is 149 Å². The number of rotatable bonds is 3. The SMILES string of the molecule is O[C@H](c1ccccc1)C1(c2ccccc2)O[C@H]2CCCCCC[C@H]2O1. The van der Waals surface area contributed by atoms with Crippen molar-refractivity contribution < 1.29 is 14.6 Å². The molecule has 2 aromatic rings. The molecule has 2 aromatic carbocycles. The lowest BCUT2D eigenvalue weighted by molar-refractivity contribution is -0.247. The molecule has 1 saturated carbocycles. The Morgan fingerprint density at radius 2 is 1.28 bits per heavy atom. The Balaban J connectivity index is 1.73. The highest BCUT2D eigenvalue weighted by Crippen LogP contribution is 2.48. The normalized spacial score (nSPS) is 30.9. The molecule has 0 radical (unpaired) electrons. The predicted molar refractivity (Wildman–Crippen MR) is 97.0 cm³/mol. The third kappa shape index (κ3) is 3.24. The van der Waals surface area contributed by atoms with Crippen molar-refractivity contribution in [2.45, 2.75) is 62.6 Å². The van der Waals surface area contributed by atoms with Gasteiger partial charge in [0.1, 0.15) is 6.10 Å². The van der Waals surface area contributed by atoms with Crippen molar-refractivity contribution in [2.75, 3.05) is 0 Å². The first-order chi connectivity index (χ1) is 12.3. The van der Waals surface area contributed by atoms with Gasteiger partial charge in [-0.25, -0.2) is 0 Å². The molecule has 1 saturated heterocycles. The van der Waals surface area contributed by atoms with E-state index in [1.807, 2.05) is 60.7 Å². The van der Waals surface area contributed by atoms with Gasteiger partial charge in [0.15, 0.2) is 0 Å². The van der Waals surface area contributed by atoms with Gasteiger partial charge in [-0.2, -0.15) is 0 Å². The van der Waals surface area contributed by atoms with Crippen LogP contribution in [-0.4, -0.2) is 17.3 Å². The third-order valence-corrected chi connectivity index (χ3v) is 5.45. The van der Waals surface area contributed by atoms with Crippen LogP contribution in [0, 0.1) is 0 Å². The van der Waals surface area contributed by atoms with Crippen molar-refractivity contribution in [3.8, 4) is 0 Å². The zero-order valence-electron chi connectivity index (χ0n) is 14.5. The molecule has 4 rings (SSSR count). The van der Waals surface area contributed by atoms with E-state index in [1.165, 1.54) is 12.8 Å². The second-order valence-electron chi connectivity index (χ2n) is 7.15. The standard InChI is InChI=1S/C22H26O3/c23-21(17-11-5-3-6-12-17)22(18-13-7-4-8-14-18)24-19-15-9-1-2-10-16-20(19)25-22/h3-8,11-14,19-21,23H,1-2,9-10,15-16H2/t19-,20+,21-,22?/m1/s1. The van der Waals surface area contributed by atoms with Crippen molar-refractivity contribution in [3.05, 3.63) is 71.8 Å². The van der Waals surface area contributed by atoms with Crippen molar-refractivity contribution >= 4 is 0 Å². The van der Waals surface area contributed by atoms with Gasteiger partial charge in [0.25, 0.3) is 0 Å². The summed E-state index contributed by atoms with van der Waals surface area (Å²) >= 11 is 0. The summed E-state index contributed by atoms with van der Waals surface area (Å²) in [6.07, 6.45) is 6.09. The Morgan fingerprint density at radius 1 is 0.760 bits per heavy atom. The van der Waals surface area contributed by atoms with Gasteiger partial charge in [-0.15, -0.1) is 0 Å². The van der Waals surface area contributed by atoms with E-state index in [1.54, 1.807) is 0 Å². The smallest absolute Gasteiger partial charge is 0.226 e. The number of fused-ring (bicyclic) bond motifs is 1. The molecule has 0 aromatic heterocycles. The summed E-state index contributed by atoms with van der Waals surface area (Å²) in [5.41, 5.74) is 1.71. The molecular formula is C22H26O3. The lowest BCUT2D eigenvalue weighted by Gasteiger charge is -2.34. The van der Waals surface area contributed by atoms with Gasteiger partial charge >= 0.3 is 0 Å². The van der Waals surface area contributed by atoms with E-state index in [2.05, 4.69) is 0 Å². The lowest BCUT2D eigenvalue weighted by Crippen LogP contribution is -2.36. The van der Waals surface area contributed by atoms with Gasteiger partial charge in [-0.1, -0.05) is 86.3 Å². The molecule has 3 nitrogen and oxygen atoms in total. The summed E-state index contributed by atoms with van der Waals surface area (Å²) in [4.78, 5) is 0. The molecule has 0 bridgehead atoms. The summed E-state index contributed by atoms with van der Waals surface area (Å²) in [7, 11) is 0. The van der Waals surface area contributed by atoms with Crippen LogP contribution in [0.2, 0.25) is 0 Å². The van der Waals surface area contributed by atoms with Crippen LogP contribution in [0.15, 0.2) is 60.7 Å². The van der Waals surface area contributed by atoms with Crippen molar-refractivity contribution in [3.63, 3.8) is 0 Å². The van der Waals surface area contributed by atoms with Crippen LogP contribution in [0.3, 0.4) is 0 Å². The zero-order chi connectivity index (χ0) is 17.1. The summed E-state index contributed by atoms with van der Waals surface area (Å²) in [5.74, 6) is -1.12. The van der Waals surface area contributed by atoms with Gasteiger partial charge in [0, 0.05) is 5.56 Å². The molecule has 4 atom stereocenters. The largest absolute Gasteiger partial charge is 0.382 e. The van der Waals surface area contributed by atoms with Crippen LogP contribution >= 0.6 is 0 Å². The maximum absolute atomic E-state index is 11.3. The average molecular weight is 338 g/mol. The minimum absolute atomic E-state index is 0.0545. The molecular weight excluding hydrogens is 312 g/mol. The second-order valence-corrected chi connectivity index (χ2v) is 7.15. The van der Waals surface area contributed by atoms with Gasteiger partial charge in [0.2, 0.25) is 5.79 Å². The number of benzene rings is 2. The molecule has 1 heterocycles. The summed E-state index contributed by atoms with van der Waals surface area (Å²) in [5, 5.41) is 11.3. The molecule has 25 heavy (non-hydrogen) atoms. The maximum Gasteiger partial charge on any atom is 0.226 e. The predicted octanol–water partition coefficient (Wildman–Crippen LogP) is 4.71. The van der Waals surface area contributed by atoms with E-state index in [9.17, 15) is 5.11 Å². The molecule has 0 amide bonds. The summed E-state index contributed by atoms with van der Waals surface area (Å²) in [6.45, 7) is 0. The fourth-order valence-electron chi connectivity index (χ4n) is 4.11. The number of hydrogen-bond donors (Lipinski definition) is 1. The van der Waals surface area contributed by atoms with E-state index >= 15 is 0 Å². The first kappa shape index (κ1) is 16.8. The number of hydrogen-bond acceptors (Lipinski definition) is 3. The molecule has 3 heteroatoms. The molecule has 1 aliphatic carbocycles. The third-order valence-electron chi connectivity index (χ3n) is 5.45. The number of ether oxygens (including phenoxy) is 2. The lowest BCUT2D eigenvalue weighted by atomic mass is 9.94. The van der Waals surface area contributed by atoms with Crippen molar-refractivity contribution in [1.82, 2.24) is 0 Å². The highest BCUT2D eigenvalue weighted by molar-refractivity contribution is 5.28. The van der Waals surface area contributed by atoms with Crippen LogP contribution in [0.4, 0.5) is 0 Å². The number of aliphatic hydroxyl groups is 1. The van der Waals surface area contributed by atoms with Crippen LogP contribution < -0.4 is 0 Å². The molecule has 1 aliphatic heterocycles. The van der Waals surface area contributed by atoms with Gasteiger partial charge in [0.05, 0.1) is 12.2 Å². The Morgan fingerprint density at radius 3 is 1.84 bits per heavy atom.